The van der Waals surface area contributed by atoms with Gasteiger partial charge in [0.2, 0.25) is 0 Å². The van der Waals surface area contributed by atoms with Gasteiger partial charge in [-0.2, -0.15) is 0 Å². The summed E-state index contributed by atoms with van der Waals surface area (Å²) in [6, 6.07) is 0. The van der Waals surface area contributed by atoms with Crippen LogP contribution in [0.25, 0.3) is 0 Å². The van der Waals surface area contributed by atoms with Gasteiger partial charge in [-0.05, 0) is 109 Å². The van der Waals surface area contributed by atoms with Crippen LogP contribution in [0, 0.1) is 0 Å². The van der Waals surface area contributed by atoms with Gasteiger partial charge in [0.05, 0.1) is 0 Å². The van der Waals surface area contributed by atoms with Crippen LogP contribution in [-0.2, 0) is 28.6 Å². The second-order valence-corrected chi connectivity index (χ2v) is 23.1. The molecule has 0 aliphatic rings. The number of hydrogen-bond acceptors (Lipinski definition) is 6. The van der Waals surface area contributed by atoms with Crippen molar-refractivity contribution in [3.8, 4) is 0 Å². The highest BCUT2D eigenvalue weighted by Gasteiger charge is 2.19. The zero-order chi connectivity index (χ0) is 57.8. The lowest BCUT2D eigenvalue weighted by molar-refractivity contribution is -0.167. The lowest BCUT2D eigenvalue weighted by atomic mass is 10.0. The summed E-state index contributed by atoms with van der Waals surface area (Å²) in [6.45, 7) is 6.50. The number of allylic oxidation sites excluding steroid dienone is 14. The van der Waals surface area contributed by atoms with Crippen LogP contribution in [0.1, 0.15) is 348 Å². The van der Waals surface area contributed by atoms with Crippen molar-refractivity contribution in [2.75, 3.05) is 13.2 Å². The summed E-state index contributed by atoms with van der Waals surface area (Å²) >= 11 is 0. The monoisotopic (exact) mass is 1110 g/mol. The fourth-order valence-corrected chi connectivity index (χ4v) is 9.92. The molecule has 0 radical (unpaired) electrons. The third-order valence-electron chi connectivity index (χ3n) is 15.1. The van der Waals surface area contributed by atoms with E-state index in [4.69, 9.17) is 14.2 Å². The van der Waals surface area contributed by atoms with Gasteiger partial charge in [-0.3, -0.25) is 14.4 Å². The summed E-state index contributed by atoms with van der Waals surface area (Å²) in [5, 5.41) is 0. The molecule has 6 nitrogen and oxygen atoms in total. The van der Waals surface area contributed by atoms with Gasteiger partial charge in [0, 0.05) is 19.3 Å². The molecule has 0 N–H and O–H groups in total. The van der Waals surface area contributed by atoms with Crippen molar-refractivity contribution in [3.63, 3.8) is 0 Å². The topological polar surface area (TPSA) is 78.9 Å². The Hall–Kier alpha value is -3.41. The van der Waals surface area contributed by atoms with E-state index in [9.17, 15) is 14.4 Å². The molecule has 0 aromatic carbocycles. The lowest BCUT2D eigenvalue weighted by Crippen LogP contribution is -2.30. The Labute approximate surface area is 496 Å². The molecule has 0 aliphatic carbocycles. The molecule has 0 aromatic heterocycles. The molecule has 0 spiro atoms. The van der Waals surface area contributed by atoms with Crippen LogP contribution >= 0.6 is 0 Å². The van der Waals surface area contributed by atoms with Crippen LogP contribution in [0.4, 0.5) is 0 Å². The predicted molar refractivity (Wildman–Crippen MR) is 348 cm³/mol. The molecule has 0 fully saturated rings. The van der Waals surface area contributed by atoms with Gasteiger partial charge in [-0.25, -0.2) is 0 Å². The average molecular weight is 1120 g/mol. The Balaban J connectivity index is 4.20. The Bertz CT molecular complexity index is 1520. The summed E-state index contributed by atoms with van der Waals surface area (Å²) < 4.78 is 16.9. The van der Waals surface area contributed by atoms with Crippen LogP contribution in [0.5, 0.6) is 0 Å². The van der Waals surface area contributed by atoms with Crippen LogP contribution in [0.2, 0.25) is 0 Å². The standard InChI is InChI=1S/C74H130O6/c1-4-7-10-13-16-19-22-25-28-30-31-32-33-34-35-36-37-38-39-40-41-42-43-45-46-49-52-55-58-61-64-67-73(76)79-70-71(69-78-72(75)66-63-60-57-54-51-48-27-24-21-18-15-12-9-6-3)80-74(77)68-65-62-59-56-53-50-47-44-29-26-23-20-17-14-11-8-5-2/h8,11,15,17-18,20,22,24-27,29-31,71H,4-7,9-10,12-14,16,19,21,23,28,32-70H2,1-3H3/b11-8-,18-15-,20-17-,25-22-,27-24-,29-26-,31-30-. The average Bonchev–Trinajstić information content (AvgIpc) is 3.46. The molecule has 0 amide bonds. The molecule has 462 valence electrons. The van der Waals surface area contributed by atoms with Gasteiger partial charge in [0.1, 0.15) is 13.2 Å². The van der Waals surface area contributed by atoms with Gasteiger partial charge in [0.25, 0.3) is 0 Å². The van der Waals surface area contributed by atoms with E-state index < -0.39 is 6.10 Å². The van der Waals surface area contributed by atoms with E-state index in [2.05, 4.69) is 106 Å². The minimum atomic E-state index is -0.788. The first kappa shape index (κ1) is 76.6. The highest BCUT2D eigenvalue weighted by molar-refractivity contribution is 5.71. The Morgan fingerprint density at radius 2 is 0.500 bits per heavy atom. The summed E-state index contributed by atoms with van der Waals surface area (Å²) in [5.41, 5.74) is 0. The molecule has 0 saturated carbocycles. The van der Waals surface area contributed by atoms with Crippen LogP contribution in [-0.4, -0.2) is 37.2 Å². The molecule has 0 aromatic rings. The number of unbranched alkanes of at least 4 members (excludes halogenated alkanes) is 38. The number of carbonyl (C=O) groups excluding carboxylic acids is 3. The molecule has 1 atom stereocenters. The third-order valence-corrected chi connectivity index (χ3v) is 15.1. The third kappa shape index (κ3) is 65.4. The molecular weight excluding hydrogens is 985 g/mol. The quantitative estimate of drug-likeness (QED) is 0.0261. The highest BCUT2D eigenvalue weighted by atomic mass is 16.6. The normalized spacial score (nSPS) is 12.6. The Kier molecular flexibility index (Phi) is 65.2. The Morgan fingerprint density at radius 3 is 0.800 bits per heavy atom. The Morgan fingerprint density at radius 1 is 0.263 bits per heavy atom. The predicted octanol–water partition coefficient (Wildman–Crippen LogP) is 23.8. The summed E-state index contributed by atoms with van der Waals surface area (Å²) in [5.74, 6) is -0.892. The van der Waals surface area contributed by atoms with Crippen molar-refractivity contribution >= 4 is 17.9 Å². The van der Waals surface area contributed by atoms with Crippen LogP contribution in [0.15, 0.2) is 85.1 Å². The second kappa shape index (κ2) is 68.1. The first-order valence-corrected chi connectivity index (χ1v) is 34.6. The van der Waals surface area contributed by atoms with E-state index in [1.807, 2.05) is 0 Å². The first-order chi connectivity index (χ1) is 39.5. The molecular formula is C74H130O6. The summed E-state index contributed by atoms with van der Waals surface area (Å²) in [7, 11) is 0. The van der Waals surface area contributed by atoms with Crippen molar-refractivity contribution in [1.29, 1.82) is 0 Å². The van der Waals surface area contributed by atoms with Gasteiger partial charge in [0.15, 0.2) is 6.10 Å². The SMILES string of the molecule is CC/C=C\C/C=C\C/C=C\CCCCCCCCCC(=O)OC(COC(=O)CCCCCCC/C=C\C/C=C\CCCC)COC(=O)CCCCCCCCCCCCCCCCCCCCC/C=C\C/C=C\CCCCCCC. The van der Waals surface area contributed by atoms with Crippen molar-refractivity contribution in [1.82, 2.24) is 0 Å². The molecule has 0 heterocycles. The molecule has 80 heavy (non-hydrogen) atoms. The zero-order valence-electron chi connectivity index (χ0n) is 53.1. The fraction of sp³-hybridized carbons (Fsp3) is 0.770. The van der Waals surface area contributed by atoms with Crippen LogP contribution in [0.3, 0.4) is 0 Å². The first-order valence-electron chi connectivity index (χ1n) is 34.6. The maximum atomic E-state index is 12.9. The van der Waals surface area contributed by atoms with E-state index in [1.165, 1.54) is 199 Å². The molecule has 6 heteroatoms. The number of esters is 3. The highest BCUT2D eigenvalue weighted by Crippen LogP contribution is 2.17. The van der Waals surface area contributed by atoms with Gasteiger partial charge < -0.3 is 14.2 Å². The summed E-state index contributed by atoms with van der Waals surface area (Å²) in [6.07, 6.45) is 90.4. The van der Waals surface area contributed by atoms with Crippen molar-refractivity contribution < 1.29 is 28.6 Å². The van der Waals surface area contributed by atoms with E-state index in [-0.39, 0.29) is 31.1 Å². The number of carbonyl (C=O) groups is 3. The maximum Gasteiger partial charge on any atom is 0.306 e. The number of rotatable bonds is 63. The minimum Gasteiger partial charge on any atom is -0.462 e. The van der Waals surface area contributed by atoms with Crippen molar-refractivity contribution in [3.05, 3.63) is 85.1 Å². The zero-order valence-corrected chi connectivity index (χ0v) is 53.1. The molecule has 0 aliphatic heterocycles. The molecule has 1 unspecified atom stereocenters. The van der Waals surface area contributed by atoms with Crippen molar-refractivity contribution in [2.24, 2.45) is 0 Å². The van der Waals surface area contributed by atoms with Gasteiger partial charge in [-0.15, -0.1) is 0 Å². The van der Waals surface area contributed by atoms with E-state index >= 15 is 0 Å². The molecule has 0 rings (SSSR count). The molecule has 0 bridgehead atoms. The maximum absolute atomic E-state index is 12.9. The fourth-order valence-electron chi connectivity index (χ4n) is 9.92. The largest absolute Gasteiger partial charge is 0.462 e. The number of ether oxygens (including phenoxy) is 3. The second-order valence-electron chi connectivity index (χ2n) is 23.1. The van der Waals surface area contributed by atoms with E-state index in [0.717, 1.165) is 109 Å². The number of hydrogen-bond donors (Lipinski definition) is 0. The minimum absolute atomic E-state index is 0.0825. The van der Waals surface area contributed by atoms with E-state index in [1.54, 1.807) is 0 Å². The smallest absolute Gasteiger partial charge is 0.306 e. The van der Waals surface area contributed by atoms with Crippen LogP contribution < -0.4 is 0 Å². The van der Waals surface area contributed by atoms with Gasteiger partial charge >= 0.3 is 17.9 Å². The van der Waals surface area contributed by atoms with E-state index in [0.29, 0.717) is 19.3 Å². The molecule has 0 saturated heterocycles. The van der Waals surface area contributed by atoms with Gasteiger partial charge in [-0.1, -0.05) is 305 Å². The summed E-state index contributed by atoms with van der Waals surface area (Å²) in [4.78, 5) is 38.4. The van der Waals surface area contributed by atoms with Crippen molar-refractivity contribution in [2.45, 2.75) is 354 Å². The lowest BCUT2D eigenvalue weighted by Gasteiger charge is -2.18.